The van der Waals surface area contributed by atoms with Crippen LogP contribution < -0.4 is 0 Å². The van der Waals surface area contributed by atoms with Crippen molar-refractivity contribution in [3.8, 4) is 11.1 Å². The highest BCUT2D eigenvalue weighted by molar-refractivity contribution is 9.09. The third-order valence-corrected chi connectivity index (χ3v) is 3.86. The molecule has 0 saturated carbocycles. The predicted octanol–water partition coefficient (Wildman–Crippen LogP) is 5.30. The van der Waals surface area contributed by atoms with E-state index in [1.165, 1.54) is 0 Å². The van der Waals surface area contributed by atoms with Crippen molar-refractivity contribution in [3.63, 3.8) is 0 Å². The van der Waals surface area contributed by atoms with E-state index in [9.17, 15) is 4.79 Å². The van der Waals surface area contributed by atoms with Gasteiger partial charge in [0.2, 0.25) is 0 Å². The van der Waals surface area contributed by atoms with Gasteiger partial charge in [0.1, 0.15) is 6.29 Å². The van der Waals surface area contributed by atoms with Gasteiger partial charge in [-0.25, -0.2) is 0 Å². The molecule has 0 aliphatic rings. The zero-order chi connectivity index (χ0) is 13.1. The Bertz CT molecular complexity index is 584. The Balaban J connectivity index is 2.60. The molecule has 0 heterocycles. The number of rotatable bonds is 3. The van der Waals surface area contributed by atoms with E-state index in [1.807, 2.05) is 30.3 Å². The molecule has 0 N–H and O–H groups in total. The van der Waals surface area contributed by atoms with Crippen molar-refractivity contribution in [2.45, 2.75) is 4.83 Å². The van der Waals surface area contributed by atoms with Gasteiger partial charge in [0, 0.05) is 15.6 Å². The van der Waals surface area contributed by atoms with Crippen LogP contribution >= 0.6 is 39.1 Å². The minimum absolute atomic E-state index is 0.347. The van der Waals surface area contributed by atoms with Crippen LogP contribution in [0.5, 0.6) is 0 Å². The largest absolute Gasteiger partial charge is 0.302 e. The van der Waals surface area contributed by atoms with Crippen LogP contribution in [0.1, 0.15) is 10.4 Å². The van der Waals surface area contributed by atoms with Gasteiger partial charge in [-0.2, -0.15) is 0 Å². The summed E-state index contributed by atoms with van der Waals surface area (Å²) in [7, 11) is 0. The van der Waals surface area contributed by atoms with E-state index < -0.39 is 0 Å². The fourth-order valence-corrected chi connectivity index (χ4v) is 2.67. The van der Waals surface area contributed by atoms with Crippen LogP contribution in [0.4, 0.5) is 0 Å². The van der Waals surface area contributed by atoms with Crippen molar-refractivity contribution in [1.82, 2.24) is 0 Å². The first-order valence-electron chi connectivity index (χ1n) is 5.27. The molecule has 0 aliphatic carbocycles. The molecule has 2 rings (SSSR count). The Morgan fingerprint density at radius 1 is 1.06 bits per heavy atom. The maximum Gasteiger partial charge on any atom is 0.138 e. The summed E-state index contributed by atoms with van der Waals surface area (Å²) >= 11 is 15.4. The zero-order valence-electron chi connectivity index (χ0n) is 9.24. The van der Waals surface area contributed by atoms with Crippen molar-refractivity contribution in [3.05, 3.63) is 58.1 Å². The second-order valence-corrected chi connectivity index (χ2v) is 5.58. The van der Waals surface area contributed by atoms with Gasteiger partial charge in [-0.15, -0.1) is 0 Å². The molecule has 1 unspecified atom stereocenters. The molecule has 2 aromatic carbocycles. The summed E-state index contributed by atoms with van der Waals surface area (Å²) in [5.74, 6) is 0. The molecule has 4 heteroatoms. The summed E-state index contributed by atoms with van der Waals surface area (Å²) in [5.41, 5.74) is 2.67. The molecule has 0 fully saturated rings. The number of halogens is 3. The molecule has 92 valence electrons. The van der Waals surface area contributed by atoms with Crippen molar-refractivity contribution in [2.75, 3.05) is 0 Å². The van der Waals surface area contributed by atoms with Crippen LogP contribution in [0.3, 0.4) is 0 Å². The van der Waals surface area contributed by atoms with Crippen molar-refractivity contribution in [1.29, 1.82) is 0 Å². The molecule has 18 heavy (non-hydrogen) atoms. The molecule has 0 aliphatic heterocycles. The standard InChI is InChI=1S/C14H9BrCl2O/c15-13(8-18)11-4-2-1-3-10(11)12-6-5-9(16)7-14(12)17/h1-8,13H. The van der Waals surface area contributed by atoms with E-state index in [0.29, 0.717) is 10.0 Å². The topological polar surface area (TPSA) is 17.1 Å². The lowest BCUT2D eigenvalue weighted by molar-refractivity contribution is -0.107. The number of benzene rings is 2. The van der Waals surface area contributed by atoms with Gasteiger partial charge in [-0.05, 0) is 23.3 Å². The molecular formula is C14H9BrCl2O. The van der Waals surface area contributed by atoms with Crippen molar-refractivity contribution < 1.29 is 4.79 Å². The lowest BCUT2D eigenvalue weighted by atomic mass is 9.98. The van der Waals surface area contributed by atoms with Crippen LogP contribution in [0.25, 0.3) is 11.1 Å². The lowest BCUT2D eigenvalue weighted by Gasteiger charge is -2.12. The minimum atomic E-state index is -0.347. The van der Waals surface area contributed by atoms with E-state index in [0.717, 1.165) is 23.0 Å². The first kappa shape index (κ1) is 13.6. The van der Waals surface area contributed by atoms with E-state index in [4.69, 9.17) is 23.2 Å². The number of alkyl halides is 1. The molecule has 2 aromatic rings. The summed E-state index contributed by atoms with van der Waals surface area (Å²) in [5, 5.41) is 1.16. The Hall–Kier alpha value is -0.830. The van der Waals surface area contributed by atoms with Gasteiger partial charge in [-0.3, -0.25) is 0 Å². The van der Waals surface area contributed by atoms with E-state index >= 15 is 0 Å². The van der Waals surface area contributed by atoms with E-state index in [1.54, 1.807) is 12.1 Å². The normalized spacial score (nSPS) is 12.2. The second kappa shape index (κ2) is 5.87. The quantitative estimate of drug-likeness (QED) is 0.546. The summed E-state index contributed by atoms with van der Waals surface area (Å²) in [6, 6.07) is 13.0. The summed E-state index contributed by atoms with van der Waals surface area (Å²) < 4.78 is 0. The van der Waals surface area contributed by atoms with Crippen LogP contribution in [-0.2, 0) is 4.79 Å². The van der Waals surface area contributed by atoms with Crippen LogP contribution in [0.15, 0.2) is 42.5 Å². The Morgan fingerprint density at radius 3 is 2.44 bits per heavy atom. The Morgan fingerprint density at radius 2 is 1.78 bits per heavy atom. The van der Waals surface area contributed by atoms with Crippen molar-refractivity contribution >= 4 is 45.4 Å². The third-order valence-electron chi connectivity index (χ3n) is 2.60. The molecule has 0 saturated heterocycles. The van der Waals surface area contributed by atoms with E-state index in [2.05, 4.69) is 15.9 Å². The van der Waals surface area contributed by atoms with Crippen LogP contribution in [-0.4, -0.2) is 6.29 Å². The van der Waals surface area contributed by atoms with Gasteiger partial charge in [0.05, 0.1) is 4.83 Å². The highest BCUT2D eigenvalue weighted by Gasteiger charge is 2.14. The highest BCUT2D eigenvalue weighted by Crippen LogP contribution is 2.36. The summed E-state index contributed by atoms with van der Waals surface area (Å²) in [4.78, 5) is 10.6. The maximum absolute atomic E-state index is 10.9. The number of aldehydes is 1. The summed E-state index contributed by atoms with van der Waals surface area (Å²) in [6.45, 7) is 0. The predicted molar refractivity (Wildman–Crippen MR) is 79.6 cm³/mol. The third kappa shape index (κ3) is 2.77. The Kier molecular flexibility index (Phi) is 4.44. The Labute approximate surface area is 124 Å². The smallest absolute Gasteiger partial charge is 0.138 e. The van der Waals surface area contributed by atoms with Gasteiger partial charge in [0.25, 0.3) is 0 Å². The molecule has 1 atom stereocenters. The fourth-order valence-electron chi connectivity index (χ4n) is 1.76. The highest BCUT2D eigenvalue weighted by atomic mass is 79.9. The second-order valence-electron chi connectivity index (χ2n) is 3.75. The zero-order valence-corrected chi connectivity index (χ0v) is 12.3. The average molecular weight is 344 g/mol. The van der Waals surface area contributed by atoms with Gasteiger partial charge >= 0.3 is 0 Å². The molecule has 1 nitrogen and oxygen atoms in total. The van der Waals surface area contributed by atoms with Crippen LogP contribution in [0.2, 0.25) is 10.0 Å². The molecule has 0 spiro atoms. The average Bonchev–Trinajstić information content (AvgIpc) is 2.38. The SMILES string of the molecule is O=CC(Br)c1ccccc1-c1ccc(Cl)cc1Cl. The van der Waals surface area contributed by atoms with Gasteiger partial charge in [0.15, 0.2) is 0 Å². The van der Waals surface area contributed by atoms with Gasteiger partial charge in [-0.1, -0.05) is 69.5 Å². The lowest BCUT2D eigenvalue weighted by Crippen LogP contribution is -1.94. The molecule has 0 aromatic heterocycles. The first-order chi connectivity index (χ1) is 8.63. The first-order valence-corrected chi connectivity index (χ1v) is 6.94. The van der Waals surface area contributed by atoms with Crippen molar-refractivity contribution in [2.24, 2.45) is 0 Å². The maximum atomic E-state index is 10.9. The van der Waals surface area contributed by atoms with Gasteiger partial charge < -0.3 is 4.79 Å². The fraction of sp³-hybridized carbons (Fsp3) is 0.0714. The molecular weight excluding hydrogens is 335 g/mol. The number of carbonyl (C=O) groups excluding carboxylic acids is 1. The molecule has 0 amide bonds. The monoisotopic (exact) mass is 342 g/mol. The number of hydrogen-bond acceptors (Lipinski definition) is 1. The number of hydrogen-bond donors (Lipinski definition) is 0. The molecule has 0 radical (unpaired) electrons. The minimum Gasteiger partial charge on any atom is -0.302 e. The van der Waals surface area contributed by atoms with E-state index in [-0.39, 0.29) is 4.83 Å². The molecule has 0 bridgehead atoms. The summed E-state index contributed by atoms with van der Waals surface area (Å²) in [6.07, 6.45) is 0.850. The number of carbonyl (C=O) groups is 1. The van der Waals surface area contributed by atoms with Crippen LogP contribution in [0, 0.1) is 0 Å².